The van der Waals surface area contributed by atoms with E-state index in [4.69, 9.17) is 0 Å². The first-order valence-electron chi connectivity index (χ1n) is 8.83. The zero-order valence-electron chi connectivity index (χ0n) is 15.8. The van der Waals surface area contributed by atoms with Crippen LogP contribution in [0.2, 0.25) is 0 Å². The molecule has 0 N–H and O–H groups in total. The summed E-state index contributed by atoms with van der Waals surface area (Å²) >= 11 is 0. The van der Waals surface area contributed by atoms with Crippen molar-refractivity contribution in [3.05, 3.63) is 53.4 Å². The zero-order chi connectivity index (χ0) is 19.6. The van der Waals surface area contributed by atoms with Crippen molar-refractivity contribution in [1.82, 2.24) is 19.0 Å². The van der Waals surface area contributed by atoms with Gasteiger partial charge in [0.25, 0.3) is 0 Å². The summed E-state index contributed by atoms with van der Waals surface area (Å²) in [6, 6.07) is 9.59. The van der Waals surface area contributed by atoms with E-state index in [0.29, 0.717) is 24.5 Å². The van der Waals surface area contributed by atoms with Gasteiger partial charge in [0, 0.05) is 39.3 Å². The molecule has 1 aromatic carbocycles. The Labute approximate surface area is 159 Å². The number of rotatable bonds is 4. The quantitative estimate of drug-likeness (QED) is 0.746. The number of nitrogens with zero attached hydrogens (tertiary/aromatic N) is 4. The predicted octanol–water partition coefficient (Wildman–Crippen LogP) is 1.58. The standard InChI is InChI=1S/C19H24N4O3S/c1-15-19(16(2)21(3)20-15)27(25,26)23-13-11-22(12-14-23)18(24)10-9-17-7-5-4-6-8-17/h4-10H,11-14H2,1-3H3/b10-9+. The van der Waals surface area contributed by atoms with Crippen LogP contribution in [0.5, 0.6) is 0 Å². The molecule has 2 aromatic rings. The Balaban J connectivity index is 1.66. The third-order valence-corrected chi connectivity index (χ3v) is 6.96. The van der Waals surface area contributed by atoms with Gasteiger partial charge in [-0.1, -0.05) is 30.3 Å². The molecule has 1 fully saturated rings. The van der Waals surface area contributed by atoms with Gasteiger partial charge in [-0.25, -0.2) is 8.42 Å². The highest BCUT2D eigenvalue weighted by Gasteiger charge is 2.33. The Morgan fingerprint density at radius 1 is 1.07 bits per heavy atom. The minimum Gasteiger partial charge on any atom is -0.337 e. The van der Waals surface area contributed by atoms with Crippen molar-refractivity contribution in [3.63, 3.8) is 0 Å². The molecule has 1 saturated heterocycles. The van der Waals surface area contributed by atoms with Crippen LogP contribution in [-0.2, 0) is 21.9 Å². The zero-order valence-corrected chi connectivity index (χ0v) is 16.6. The first-order chi connectivity index (χ1) is 12.8. The molecule has 7 nitrogen and oxygen atoms in total. The molecule has 2 heterocycles. The maximum absolute atomic E-state index is 13.0. The second kappa shape index (κ2) is 7.66. The minimum absolute atomic E-state index is 0.107. The summed E-state index contributed by atoms with van der Waals surface area (Å²) in [7, 11) is -1.88. The Bertz CT molecular complexity index is 956. The lowest BCUT2D eigenvalue weighted by atomic mass is 10.2. The molecule has 1 amide bonds. The fourth-order valence-electron chi connectivity index (χ4n) is 3.24. The number of amides is 1. The normalized spacial score (nSPS) is 16.2. The predicted molar refractivity (Wildman–Crippen MR) is 103 cm³/mol. The molecule has 0 bridgehead atoms. The van der Waals surface area contributed by atoms with Gasteiger partial charge < -0.3 is 4.90 Å². The van der Waals surface area contributed by atoms with Gasteiger partial charge in [-0.05, 0) is 25.5 Å². The van der Waals surface area contributed by atoms with Gasteiger partial charge in [0.15, 0.2) is 0 Å². The molecular formula is C19H24N4O3S. The van der Waals surface area contributed by atoms with E-state index in [1.165, 1.54) is 10.4 Å². The number of hydrogen-bond donors (Lipinski definition) is 0. The van der Waals surface area contributed by atoms with Crippen LogP contribution in [-0.4, -0.2) is 59.5 Å². The van der Waals surface area contributed by atoms with Gasteiger partial charge in [-0.3, -0.25) is 9.48 Å². The van der Waals surface area contributed by atoms with Crippen molar-refractivity contribution in [1.29, 1.82) is 0 Å². The van der Waals surface area contributed by atoms with Crippen LogP contribution in [0.3, 0.4) is 0 Å². The van der Waals surface area contributed by atoms with Crippen molar-refractivity contribution in [2.45, 2.75) is 18.7 Å². The third-order valence-electron chi connectivity index (χ3n) is 4.81. The van der Waals surface area contributed by atoms with Gasteiger partial charge in [-0.2, -0.15) is 9.40 Å². The second-order valence-electron chi connectivity index (χ2n) is 6.60. The van der Waals surface area contributed by atoms with Crippen LogP contribution in [0.1, 0.15) is 17.0 Å². The molecule has 1 aromatic heterocycles. The van der Waals surface area contributed by atoms with Gasteiger partial charge in [0.1, 0.15) is 4.90 Å². The maximum Gasteiger partial charge on any atom is 0.246 e. The highest BCUT2D eigenvalue weighted by molar-refractivity contribution is 7.89. The van der Waals surface area contributed by atoms with E-state index >= 15 is 0 Å². The molecule has 27 heavy (non-hydrogen) atoms. The van der Waals surface area contributed by atoms with Gasteiger partial charge >= 0.3 is 0 Å². The summed E-state index contributed by atoms with van der Waals surface area (Å²) in [5.41, 5.74) is 2.07. The van der Waals surface area contributed by atoms with E-state index in [1.807, 2.05) is 30.3 Å². The number of carbonyl (C=O) groups excluding carboxylic acids is 1. The van der Waals surface area contributed by atoms with Crippen molar-refractivity contribution < 1.29 is 13.2 Å². The summed E-state index contributed by atoms with van der Waals surface area (Å²) in [6.07, 6.45) is 3.31. The topological polar surface area (TPSA) is 75.5 Å². The molecule has 0 aliphatic carbocycles. The molecule has 3 rings (SSSR count). The Hall–Kier alpha value is -2.45. The monoisotopic (exact) mass is 388 g/mol. The van der Waals surface area contributed by atoms with E-state index in [2.05, 4.69) is 5.10 Å². The molecule has 0 spiro atoms. The molecule has 144 valence electrons. The number of piperazine rings is 1. The van der Waals surface area contributed by atoms with Crippen molar-refractivity contribution in [2.24, 2.45) is 7.05 Å². The molecule has 8 heteroatoms. The first-order valence-corrected chi connectivity index (χ1v) is 10.3. The summed E-state index contributed by atoms with van der Waals surface area (Å²) in [6.45, 7) is 4.75. The lowest BCUT2D eigenvalue weighted by molar-refractivity contribution is -0.127. The molecule has 1 aliphatic heterocycles. The molecule has 0 unspecified atom stereocenters. The SMILES string of the molecule is Cc1nn(C)c(C)c1S(=O)(=O)N1CCN(C(=O)/C=C/c2ccccc2)CC1. The van der Waals surface area contributed by atoms with Crippen LogP contribution in [0.25, 0.3) is 6.08 Å². The van der Waals surface area contributed by atoms with E-state index in [1.54, 1.807) is 36.6 Å². The van der Waals surface area contributed by atoms with Crippen molar-refractivity contribution >= 4 is 22.0 Å². The number of aryl methyl sites for hydroxylation is 2. The van der Waals surface area contributed by atoms with Crippen molar-refractivity contribution in [3.8, 4) is 0 Å². The minimum atomic E-state index is -3.61. The number of benzene rings is 1. The summed E-state index contributed by atoms with van der Waals surface area (Å²) in [5.74, 6) is -0.107. The number of hydrogen-bond acceptors (Lipinski definition) is 4. The van der Waals surface area contributed by atoms with Gasteiger partial charge in [-0.15, -0.1) is 0 Å². The van der Waals surface area contributed by atoms with Gasteiger partial charge in [0.05, 0.1) is 11.4 Å². The highest BCUT2D eigenvalue weighted by Crippen LogP contribution is 2.24. The lowest BCUT2D eigenvalue weighted by Gasteiger charge is -2.33. The third kappa shape index (κ3) is 3.96. The molecular weight excluding hydrogens is 364 g/mol. The number of carbonyl (C=O) groups is 1. The second-order valence-corrected chi connectivity index (χ2v) is 8.47. The highest BCUT2D eigenvalue weighted by atomic mass is 32.2. The molecule has 0 saturated carbocycles. The Kier molecular flexibility index (Phi) is 5.48. The Morgan fingerprint density at radius 3 is 2.26 bits per heavy atom. The molecule has 1 aliphatic rings. The number of aromatic nitrogens is 2. The summed E-state index contributed by atoms with van der Waals surface area (Å²) in [5, 5.41) is 4.21. The van der Waals surface area contributed by atoms with Crippen LogP contribution < -0.4 is 0 Å². The van der Waals surface area contributed by atoms with Crippen LogP contribution >= 0.6 is 0 Å². The van der Waals surface area contributed by atoms with E-state index in [0.717, 1.165) is 5.56 Å². The van der Waals surface area contributed by atoms with Crippen LogP contribution in [0.15, 0.2) is 41.3 Å². The first kappa shape index (κ1) is 19.3. The van der Waals surface area contributed by atoms with E-state index in [-0.39, 0.29) is 23.9 Å². The van der Waals surface area contributed by atoms with E-state index in [9.17, 15) is 13.2 Å². The average molecular weight is 388 g/mol. The lowest BCUT2D eigenvalue weighted by Crippen LogP contribution is -2.50. The summed E-state index contributed by atoms with van der Waals surface area (Å²) in [4.78, 5) is 14.3. The van der Waals surface area contributed by atoms with Crippen LogP contribution in [0, 0.1) is 13.8 Å². The summed E-state index contributed by atoms with van der Waals surface area (Å²) < 4.78 is 29.0. The van der Waals surface area contributed by atoms with Crippen LogP contribution in [0.4, 0.5) is 0 Å². The fraction of sp³-hybridized carbons (Fsp3) is 0.368. The largest absolute Gasteiger partial charge is 0.337 e. The molecule has 0 atom stereocenters. The van der Waals surface area contributed by atoms with Crippen molar-refractivity contribution in [2.75, 3.05) is 26.2 Å². The Morgan fingerprint density at radius 2 is 1.70 bits per heavy atom. The maximum atomic E-state index is 13.0. The van der Waals surface area contributed by atoms with E-state index < -0.39 is 10.0 Å². The van der Waals surface area contributed by atoms with Gasteiger partial charge in [0.2, 0.25) is 15.9 Å². The fourth-order valence-corrected chi connectivity index (χ4v) is 5.06. The average Bonchev–Trinajstić information content (AvgIpc) is 2.93. The smallest absolute Gasteiger partial charge is 0.246 e. The number of sulfonamides is 1. The molecule has 0 radical (unpaired) electrons.